The van der Waals surface area contributed by atoms with E-state index in [1.54, 1.807) is 7.11 Å². The van der Waals surface area contributed by atoms with E-state index in [0.717, 1.165) is 43.4 Å². The molecule has 2 aromatic rings. The van der Waals surface area contributed by atoms with Gasteiger partial charge in [0.2, 0.25) is 0 Å². The first-order chi connectivity index (χ1) is 14.2. The van der Waals surface area contributed by atoms with Crippen molar-refractivity contribution >= 4 is 16.9 Å². The number of aromatic nitrogens is 1. The third-order valence-electron chi connectivity index (χ3n) is 8.33. The summed E-state index contributed by atoms with van der Waals surface area (Å²) in [6.45, 7) is 9.09. The van der Waals surface area contributed by atoms with Gasteiger partial charge in [0.1, 0.15) is 5.75 Å². The van der Waals surface area contributed by atoms with Crippen molar-refractivity contribution in [2.75, 3.05) is 14.2 Å². The molecule has 0 spiro atoms. The summed E-state index contributed by atoms with van der Waals surface area (Å²) in [5.41, 5.74) is 4.81. The Morgan fingerprint density at radius 2 is 2.00 bits per heavy atom. The number of carbonyl (C=O) groups is 1. The Hall–Kier alpha value is -2.23. The van der Waals surface area contributed by atoms with Gasteiger partial charge in [-0.15, -0.1) is 0 Å². The Balaban J connectivity index is 1.78. The standard InChI is InChI=1S/C26H35NO3/c1-16-9-11-22-21(8-7-13-25(22,3)24(28)30-6)26(16,4)15-20-17(2)27-23-12-10-18(29-5)14-19(20)23/h8,10,12,14,16,22,27H,7,9,11,13,15H2,1-6H3/t16-,22+,25+,26+/m1/s1. The van der Waals surface area contributed by atoms with Crippen molar-refractivity contribution < 1.29 is 14.3 Å². The molecule has 4 rings (SSSR count). The van der Waals surface area contributed by atoms with Gasteiger partial charge in [-0.1, -0.05) is 25.5 Å². The van der Waals surface area contributed by atoms with Gasteiger partial charge in [0.05, 0.1) is 19.6 Å². The topological polar surface area (TPSA) is 51.3 Å². The molecule has 1 aromatic carbocycles. The summed E-state index contributed by atoms with van der Waals surface area (Å²) in [5.74, 6) is 1.65. The third kappa shape index (κ3) is 3.07. The van der Waals surface area contributed by atoms with E-state index in [2.05, 4.69) is 50.9 Å². The molecular weight excluding hydrogens is 374 g/mol. The summed E-state index contributed by atoms with van der Waals surface area (Å²) in [6.07, 6.45) is 7.43. The minimum absolute atomic E-state index is 0.0155. The van der Waals surface area contributed by atoms with Gasteiger partial charge in [-0.25, -0.2) is 0 Å². The van der Waals surface area contributed by atoms with Gasteiger partial charge >= 0.3 is 5.97 Å². The van der Waals surface area contributed by atoms with E-state index in [1.807, 2.05) is 6.07 Å². The van der Waals surface area contributed by atoms with Crippen molar-refractivity contribution in [3.8, 4) is 5.75 Å². The summed E-state index contributed by atoms with van der Waals surface area (Å²) >= 11 is 0. The average molecular weight is 410 g/mol. The van der Waals surface area contributed by atoms with Crippen LogP contribution in [0.25, 0.3) is 10.9 Å². The number of esters is 1. The summed E-state index contributed by atoms with van der Waals surface area (Å²) in [6, 6.07) is 6.26. The quantitative estimate of drug-likeness (QED) is 0.499. The molecule has 1 saturated carbocycles. The molecular formula is C26H35NO3. The zero-order chi connectivity index (χ0) is 21.7. The van der Waals surface area contributed by atoms with Crippen LogP contribution in [0.5, 0.6) is 5.75 Å². The zero-order valence-electron chi connectivity index (χ0n) is 19.2. The van der Waals surface area contributed by atoms with E-state index in [-0.39, 0.29) is 17.3 Å². The lowest BCUT2D eigenvalue weighted by molar-refractivity contribution is -0.156. The minimum atomic E-state index is -0.418. The van der Waals surface area contributed by atoms with Crippen LogP contribution in [0.4, 0.5) is 0 Å². The number of fused-ring (bicyclic) bond motifs is 2. The van der Waals surface area contributed by atoms with E-state index in [4.69, 9.17) is 9.47 Å². The molecule has 0 saturated heterocycles. The van der Waals surface area contributed by atoms with Crippen LogP contribution in [0.1, 0.15) is 57.7 Å². The SMILES string of the molecule is COC(=O)[C@@]1(C)CCC=C2[C@@H]1CC[C@@H](C)[C@]2(C)Cc1c(C)[nH]c2ccc(OC)cc12. The molecule has 1 N–H and O–H groups in total. The van der Waals surface area contributed by atoms with Crippen LogP contribution < -0.4 is 4.74 Å². The first kappa shape index (κ1) is 21.0. The van der Waals surface area contributed by atoms with Crippen molar-refractivity contribution in [3.63, 3.8) is 0 Å². The molecule has 0 radical (unpaired) electrons. The van der Waals surface area contributed by atoms with E-state index >= 15 is 0 Å². The molecule has 30 heavy (non-hydrogen) atoms. The number of carbonyl (C=O) groups excluding carboxylic acids is 1. The lowest BCUT2D eigenvalue weighted by Crippen LogP contribution is -2.48. The van der Waals surface area contributed by atoms with Gasteiger partial charge < -0.3 is 14.5 Å². The highest BCUT2D eigenvalue weighted by Crippen LogP contribution is 2.58. The highest BCUT2D eigenvalue weighted by molar-refractivity contribution is 5.86. The largest absolute Gasteiger partial charge is 0.497 e. The first-order valence-corrected chi connectivity index (χ1v) is 11.2. The van der Waals surface area contributed by atoms with Crippen LogP contribution in [0.3, 0.4) is 0 Å². The van der Waals surface area contributed by atoms with Gasteiger partial charge in [-0.2, -0.15) is 0 Å². The zero-order valence-corrected chi connectivity index (χ0v) is 19.2. The molecule has 4 atom stereocenters. The number of benzene rings is 1. The second-order valence-corrected chi connectivity index (χ2v) is 9.87. The number of hydrogen-bond donors (Lipinski definition) is 1. The average Bonchev–Trinajstić information content (AvgIpc) is 3.04. The number of aromatic amines is 1. The smallest absolute Gasteiger partial charge is 0.312 e. The van der Waals surface area contributed by atoms with Crippen LogP contribution in [0, 0.1) is 29.6 Å². The van der Waals surface area contributed by atoms with Crippen molar-refractivity contribution in [2.45, 2.75) is 59.8 Å². The number of allylic oxidation sites excluding steroid dienone is 2. The van der Waals surface area contributed by atoms with Crippen molar-refractivity contribution in [2.24, 2.45) is 22.7 Å². The molecule has 0 amide bonds. The molecule has 2 aliphatic carbocycles. The lowest BCUT2D eigenvalue weighted by atomic mass is 9.51. The predicted molar refractivity (Wildman–Crippen MR) is 121 cm³/mol. The fourth-order valence-corrected chi connectivity index (χ4v) is 6.15. The Bertz CT molecular complexity index is 1000. The molecule has 4 nitrogen and oxygen atoms in total. The van der Waals surface area contributed by atoms with Gasteiger partial charge in [0.25, 0.3) is 0 Å². The molecule has 0 aliphatic heterocycles. The fourth-order valence-electron chi connectivity index (χ4n) is 6.15. The number of aryl methyl sites for hydroxylation is 1. The second-order valence-electron chi connectivity index (χ2n) is 9.87. The summed E-state index contributed by atoms with van der Waals surface area (Å²) in [5, 5.41) is 1.24. The molecule has 0 unspecified atom stereocenters. The monoisotopic (exact) mass is 409 g/mol. The first-order valence-electron chi connectivity index (χ1n) is 11.2. The van der Waals surface area contributed by atoms with E-state index in [1.165, 1.54) is 29.3 Å². The van der Waals surface area contributed by atoms with Gasteiger partial charge in [0.15, 0.2) is 0 Å². The molecule has 2 aliphatic rings. The Labute approximate surface area is 180 Å². The minimum Gasteiger partial charge on any atom is -0.497 e. The number of H-pyrrole nitrogens is 1. The maximum atomic E-state index is 12.8. The van der Waals surface area contributed by atoms with E-state index in [9.17, 15) is 4.79 Å². The number of hydrogen-bond acceptors (Lipinski definition) is 3. The number of methoxy groups -OCH3 is 2. The van der Waals surface area contributed by atoms with Crippen LogP contribution in [0.2, 0.25) is 0 Å². The Kier molecular flexibility index (Phi) is 5.24. The van der Waals surface area contributed by atoms with E-state index < -0.39 is 5.41 Å². The number of ether oxygens (including phenoxy) is 2. The normalized spacial score (nSPS) is 31.2. The maximum absolute atomic E-state index is 12.8. The summed E-state index contributed by atoms with van der Waals surface area (Å²) in [4.78, 5) is 16.4. The summed E-state index contributed by atoms with van der Waals surface area (Å²) < 4.78 is 10.8. The molecule has 1 fully saturated rings. The second kappa shape index (κ2) is 7.47. The Morgan fingerprint density at radius 1 is 1.23 bits per heavy atom. The van der Waals surface area contributed by atoms with E-state index in [0.29, 0.717) is 5.92 Å². The lowest BCUT2D eigenvalue weighted by Gasteiger charge is -2.53. The number of nitrogens with one attached hydrogen (secondary N) is 1. The highest BCUT2D eigenvalue weighted by Gasteiger charge is 2.53. The molecule has 0 bridgehead atoms. The number of rotatable bonds is 4. The van der Waals surface area contributed by atoms with Gasteiger partial charge in [-0.3, -0.25) is 4.79 Å². The third-order valence-corrected chi connectivity index (χ3v) is 8.33. The highest BCUT2D eigenvalue weighted by atomic mass is 16.5. The predicted octanol–water partition coefficient (Wildman–Crippen LogP) is 5.98. The fraction of sp³-hybridized carbons (Fsp3) is 0.577. The molecule has 4 heteroatoms. The van der Waals surface area contributed by atoms with Crippen LogP contribution >= 0.6 is 0 Å². The molecule has 1 heterocycles. The van der Waals surface area contributed by atoms with Crippen molar-refractivity contribution in [1.29, 1.82) is 0 Å². The van der Waals surface area contributed by atoms with Crippen molar-refractivity contribution in [1.82, 2.24) is 4.98 Å². The maximum Gasteiger partial charge on any atom is 0.312 e. The van der Waals surface area contributed by atoms with Crippen LogP contribution in [-0.2, 0) is 16.0 Å². The summed E-state index contributed by atoms with van der Waals surface area (Å²) in [7, 11) is 3.24. The Morgan fingerprint density at radius 3 is 2.70 bits per heavy atom. The molecule has 162 valence electrons. The molecule has 1 aromatic heterocycles. The van der Waals surface area contributed by atoms with Crippen LogP contribution in [-0.4, -0.2) is 25.2 Å². The van der Waals surface area contributed by atoms with Gasteiger partial charge in [-0.05, 0) is 87.0 Å². The van der Waals surface area contributed by atoms with Crippen LogP contribution in [0.15, 0.2) is 29.8 Å². The van der Waals surface area contributed by atoms with Gasteiger partial charge in [0, 0.05) is 16.6 Å². The van der Waals surface area contributed by atoms with Crippen molar-refractivity contribution in [3.05, 3.63) is 41.1 Å².